The fraction of sp³-hybridized carbons (Fsp3) is 0.0769. The zero-order chi connectivity index (χ0) is 15.0. The average molecular weight is 291 g/mol. The van der Waals surface area contributed by atoms with Crippen LogP contribution in [0.1, 0.15) is 17.2 Å². The number of hydrogen-bond donors (Lipinski definition) is 1. The Morgan fingerprint density at radius 2 is 1.05 bits per heavy atom. The predicted molar refractivity (Wildman–Crippen MR) is 58.7 cm³/mol. The van der Waals surface area contributed by atoms with E-state index < -0.39 is 46.5 Å². The van der Waals surface area contributed by atoms with Gasteiger partial charge in [-0.15, -0.1) is 0 Å². The zero-order valence-corrected chi connectivity index (χ0v) is 9.73. The van der Waals surface area contributed by atoms with Crippen molar-refractivity contribution in [2.24, 2.45) is 5.73 Å². The van der Waals surface area contributed by atoms with Crippen LogP contribution in [0.5, 0.6) is 0 Å². The largest absolute Gasteiger partial charge is 0.320 e. The average Bonchev–Trinajstić information content (AvgIpc) is 2.44. The molecule has 1 unspecified atom stereocenters. The second-order valence-corrected chi connectivity index (χ2v) is 4.01. The molecule has 106 valence electrons. The normalized spacial score (nSPS) is 12.6. The number of rotatable bonds is 2. The maximum Gasteiger partial charge on any atom is 0.200 e. The third kappa shape index (κ3) is 2.24. The van der Waals surface area contributed by atoms with E-state index in [-0.39, 0.29) is 5.56 Å². The van der Waals surface area contributed by atoms with E-state index in [0.717, 1.165) is 24.3 Å². The maximum absolute atomic E-state index is 13.5. The molecule has 0 radical (unpaired) electrons. The topological polar surface area (TPSA) is 26.0 Å². The molecule has 1 nitrogen and oxygen atoms in total. The van der Waals surface area contributed by atoms with Crippen molar-refractivity contribution in [1.29, 1.82) is 0 Å². The number of nitrogens with two attached hydrogens (primary N) is 1. The summed E-state index contributed by atoms with van der Waals surface area (Å²) in [7, 11) is 0. The lowest BCUT2D eigenvalue weighted by Gasteiger charge is -2.15. The molecule has 1 atom stereocenters. The van der Waals surface area contributed by atoms with E-state index in [2.05, 4.69) is 0 Å². The van der Waals surface area contributed by atoms with Crippen LogP contribution in [-0.4, -0.2) is 0 Å². The highest BCUT2D eigenvalue weighted by Gasteiger charge is 2.29. The Labute approximate surface area is 109 Å². The minimum absolute atomic E-state index is 0.00890. The summed E-state index contributed by atoms with van der Waals surface area (Å²) in [5, 5.41) is 0. The van der Waals surface area contributed by atoms with Gasteiger partial charge in [0.1, 0.15) is 5.82 Å². The van der Waals surface area contributed by atoms with Gasteiger partial charge in [-0.2, -0.15) is 0 Å². The first-order valence-electron chi connectivity index (χ1n) is 5.37. The molecular formula is C13H7F6N. The van der Waals surface area contributed by atoms with Crippen molar-refractivity contribution in [3.63, 3.8) is 0 Å². The summed E-state index contributed by atoms with van der Waals surface area (Å²) in [5.41, 5.74) is 4.35. The molecule has 2 aromatic carbocycles. The van der Waals surface area contributed by atoms with Gasteiger partial charge in [-0.1, -0.05) is 12.1 Å². The molecule has 0 aliphatic heterocycles. The first kappa shape index (κ1) is 14.4. The van der Waals surface area contributed by atoms with E-state index in [9.17, 15) is 26.3 Å². The number of hydrogen-bond acceptors (Lipinski definition) is 1. The quantitative estimate of drug-likeness (QED) is 0.511. The highest BCUT2D eigenvalue weighted by atomic mass is 19.2. The van der Waals surface area contributed by atoms with Gasteiger partial charge in [-0.3, -0.25) is 0 Å². The smallest absolute Gasteiger partial charge is 0.200 e. The van der Waals surface area contributed by atoms with E-state index in [4.69, 9.17) is 5.73 Å². The molecule has 0 saturated carbocycles. The van der Waals surface area contributed by atoms with Gasteiger partial charge < -0.3 is 5.73 Å². The van der Waals surface area contributed by atoms with Crippen LogP contribution < -0.4 is 5.73 Å². The summed E-state index contributed by atoms with van der Waals surface area (Å²) in [6.07, 6.45) is 0. The molecule has 0 spiro atoms. The maximum atomic E-state index is 13.5. The van der Waals surface area contributed by atoms with Gasteiger partial charge in [0.05, 0.1) is 11.6 Å². The first-order chi connectivity index (χ1) is 9.34. The molecule has 0 amide bonds. The zero-order valence-electron chi connectivity index (χ0n) is 9.73. The molecule has 2 N–H and O–H groups in total. The number of benzene rings is 2. The third-order valence-corrected chi connectivity index (χ3v) is 2.78. The van der Waals surface area contributed by atoms with Crippen molar-refractivity contribution < 1.29 is 26.3 Å². The molecule has 2 rings (SSSR count). The molecule has 0 fully saturated rings. The fourth-order valence-electron chi connectivity index (χ4n) is 1.73. The second kappa shape index (κ2) is 5.16. The molecule has 0 heterocycles. The molecule has 0 aliphatic carbocycles. The van der Waals surface area contributed by atoms with E-state index in [0.29, 0.717) is 0 Å². The molecule has 20 heavy (non-hydrogen) atoms. The van der Waals surface area contributed by atoms with Gasteiger partial charge in [0.2, 0.25) is 5.82 Å². The van der Waals surface area contributed by atoms with Crippen LogP contribution in [0.15, 0.2) is 24.3 Å². The summed E-state index contributed by atoms with van der Waals surface area (Å²) in [6, 6.07) is 2.50. The summed E-state index contributed by atoms with van der Waals surface area (Å²) in [4.78, 5) is 0. The summed E-state index contributed by atoms with van der Waals surface area (Å²) >= 11 is 0. The van der Waals surface area contributed by atoms with Crippen molar-refractivity contribution in [2.45, 2.75) is 6.04 Å². The van der Waals surface area contributed by atoms with Crippen molar-refractivity contribution in [2.75, 3.05) is 0 Å². The van der Waals surface area contributed by atoms with Gasteiger partial charge in [0.15, 0.2) is 23.3 Å². The summed E-state index contributed by atoms with van der Waals surface area (Å²) < 4.78 is 78.9. The van der Waals surface area contributed by atoms with Crippen LogP contribution in [0.25, 0.3) is 0 Å². The Bertz CT molecular complexity index is 624. The molecule has 0 aromatic heterocycles. The van der Waals surface area contributed by atoms with E-state index in [1.54, 1.807) is 0 Å². The molecule has 0 aliphatic rings. The van der Waals surface area contributed by atoms with Crippen LogP contribution in [0.2, 0.25) is 0 Å². The summed E-state index contributed by atoms with van der Waals surface area (Å²) in [5.74, 6) is -11.0. The van der Waals surface area contributed by atoms with Crippen molar-refractivity contribution >= 4 is 0 Å². The van der Waals surface area contributed by atoms with Crippen molar-refractivity contribution in [3.8, 4) is 0 Å². The fourth-order valence-corrected chi connectivity index (χ4v) is 1.73. The highest BCUT2D eigenvalue weighted by molar-refractivity contribution is 5.35. The standard InChI is InChI=1S/C13H7F6N/c14-6-3-1-5(2-4-6)13(20)7-8(15)10(17)12(19)11(18)9(7)16/h1-4,13H,20H2. The lowest BCUT2D eigenvalue weighted by molar-refractivity contribution is 0.367. The van der Waals surface area contributed by atoms with Gasteiger partial charge >= 0.3 is 0 Å². The van der Waals surface area contributed by atoms with E-state index in [1.807, 2.05) is 0 Å². The van der Waals surface area contributed by atoms with Gasteiger partial charge in [0.25, 0.3) is 0 Å². The molecular weight excluding hydrogens is 284 g/mol. The van der Waals surface area contributed by atoms with E-state index in [1.165, 1.54) is 0 Å². The Balaban J connectivity index is 2.60. The monoisotopic (exact) mass is 291 g/mol. The summed E-state index contributed by atoms with van der Waals surface area (Å²) in [6.45, 7) is 0. The van der Waals surface area contributed by atoms with Gasteiger partial charge in [-0.05, 0) is 17.7 Å². The van der Waals surface area contributed by atoms with Crippen LogP contribution in [0.4, 0.5) is 26.3 Å². The first-order valence-corrected chi connectivity index (χ1v) is 5.37. The minimum atomic E-state index is -2.25. The number of halogens is 6. The van der Waals surface area contributed by atoms with Gasteiger partial charge in [-0.25, -0.2) is 26.3 Å². The van der Waals surface area contributed by atoms with Crippen LogP contribution >= 0.6 is 0 Å². The van der Waals surface area contributed by atoms with Crippen molar-refractivity contribution in [3.05, 3.63) is 70.3 Å². The lowest BCUT2D eigenvalue weighted by atomic mass is 9.98. The van der Waals surface area contributed by atoms with Crippen LogP contribution in [0, 0.1) is 34.9 Å². The Morgan fingerprint density at radius 1 is 0.650 bits per heavy atom. The van der Waals surface area contributed by atoms with E-state index >= 15 is 0 Å². The van der Waals surface area contributed by atoms with Gasteiger partial charge in [0, 0.05) is 0 Å². The molecule has 2 aromatic rings. The molecule has 0 saturated heterocycles. The second-order valence-electron chi connectivity index (χ2n) is 4.01. The SMILES string of the molecule is NC(c1ccc(F)cc1)c1c(F)c(F)c(F)c(F)c1F. The third-order valence-electron chi connectivity index (χ3n) is 2.78. The Morgan fingerprint density at radius 3 is 1.50 bits per heavy atom. The Hall–Kier alpha value is -2.02. The molecule has 0 bridgehead atoms. The highest BCUT2D eigenvalue weighted by Crippen LogP contribution is 2.30. The lowest BCUT2D eigenvalue weighted by Crippen LogP contribution is -2.19. The minimum Gasteiger partial charge on any atom is -0.320 e. The van der Waals surface area contributed by atoms with Crippen LogP contribution in [0.3, 0.4) is 0 Å². The Kier molecular flexibility index (Phi) is 3.71. The predicted octanol–water partition coefficient (Wildman–Crippen LogP) is 3.57. The molecule has 7 heteroatoms. The van der Waals surface area contributed by atoms with Crippen molar-refractivity contribution in [1.82, 2.24) is 0 Å². The van der Waals surface area contributed by atoms with Crippen LogP contribution in [-0.2, 0) is 0 Å².